The average Bonchev–Trinajstić information content (AvgIpc) is 2.84. The van der Waals surface area contributed by atoms with Crippen molar-refractivity contribution < 1.29 is 17.6 Å². The maximum Gasteiger partial charge on any atom is 0.416 e. The van der Waals surface area contributed by atoms with Crippen LogP contribution in [0.3, 0.4) is 0 Å². The molecule has 2 aromatic carbocycles. The van der Waals surface area contributed by atoms with Gasteiger partial charge in [0.1, 0.15) is 5.82 Å². The molecular formula is C26H20F4N4. The third kappa shape index (κ3) is 4.82. The van der Waals surface area contributed by atoms with Crippen molar-refractivity contribution in [3.63, 3.8) is 0 Å². The molecule has 1 aliphatic rings. The Kier molecular flexibility index (Phi) is 5.83. The molecule has 34 heavy (non-hydrogen) atoms. The molecule has 0 N–H and O–H groups in total. The highest BCUT2D eigenvalue weighted by Gasteiger charge is 2.30. The average molecular weight is 464 g/mol. The molecule has 0 saturated heterocycles. The van der Waals surface area contributed by atoms with Gasteiger partial charge in [0, 0.05) is 55.1 Å². The SMILES string of the molecule is Fc1ccc(-c2ccc(CN3CCc4nc(-c5ccc(C(F)(F)F)cc5)ncc4C3)cn2)cc1. The Morgan fingerprint density at radius 3 is 2.24 bits per heavy atom. The molecule has 0 fully saturated rings. The molecule has 0 saturated carbocycles. The Morgan fingerprint density at radius 2 is 1.56 bits per heavy atom. The summed E-state index contributed by atoms with van der Waals surface area (Å²) in [4.78, 5) is 15.8. The fourth-order valence-electron chi connectivity index (χ4n) is 4.02. The largest absolute Gasteiger partial charge is 0.416 e. The Balaban J connectivity index is 1.25. The van der Waals surface area contributed by atoms with E-state index in [1.54, 1.807) is 18.3 Å². The number of hydrogen-bond acceptors (Lipinski definition) is 4. The molecule has 172 valence electrons. The minimum atomic E-state index is -4.37. The van der Waals surface area contributed by atoms with Crippen LogP contribution in [0.2, 0.25) is 0 Å². The first kappa shape index (κ1) is 22.2. The summed E-state index contributed by atoms with van der Waals surface area (Å²) >= 11 is 0. The molecule has 0 spiro atoms. The van der Waals surface area contributed by atoms with E-state index in [1.807, 2.05) is 18.3 Å². The maximum atomic E-state index is 13.1. The van der Waals surface area contributed by atoms with Gasteiger partial charge in [-0.25, -0.2) is 14.4 Å². The minimum absolute atomic E-state index is 0.277. The first-order valence-corrected chi connectivity index (χ1v) is 10.8. The molecule has 5 rings (SSSR count). The summed E-state index contributed by atoms with van der Waals surface area (Å²) in [5, 5.41) is 0. The van der Waals surface area contributed by atoms with E-state index in [4.69, 9.17) is 0 Å². The fourth-order valence-corrected chi connectivity index (χ4v) is 4.02. The number of benzene rings is 2. The summed E-state index contributed by atoms with van der Waals surface area (Å²) in [5.41, 5.74) is 4.52. The highest BCUT2D eigenvalue weighted by Crippen LogP contribution is 2.31. The van der Waals surface area contributed by atoms with Gasteiger partial charge < -0.3 is 0 Å². The lowest BCUT2D eigenvalue weighted by Crippen LogP contribution is -2.31. The van der Waals surface area contributed by atoms with Crippen LogP contribution in [0.5, 0.6) is 0 Å². The van der Waals surface area contributed by atoms with E-state index in [9.17, 15) is 17.6 Å². The molecule has 1 aliphatic heterocycles. The van der Waals surface area contributed by atoms with Gasteiger partial charge in [-0.1, -0.05) is 18.2 Å². The van der Waals surface area contributed by atoms with E-state index in [-0.39, 0.29) is 5.82 Å². The van der Waals surface area contributed by atoms with E-state index >= 15 is 0 Å². The molecule has 0 radical (unpaired) electrons. The zero-order valence-electron chi connectivity index (χ0n) is 18.1. The Bertz CT molecular complexity index is 1280. The second kappa shape index (κ2) is 8.95. The molecule has 0 atom stereocenters. The van der Waals surface area contributed by atoms with E-state index in [2.05, 4.69) is 19.9 Å². The fraction of sp³-hybridized carbons (Fsp3) is 0.192. The van der Waals surface area contributed by atoms with Gasteiger partial charge in [-0.15, -0.1) is 0 Å². The first-order chi connectivity index (χ1) is 16.3. The van der Waals surface area contributed by atoms with Crippen molar-refractivity contribution in [1.82, 2.24) is 19.9 Å². The van der Waals surface area contributed by atoms with Crippen molar-refractivity contribution in [3.8, 4) is 22.6 Å². The highest BCUT2D eigenvalue weighted by atomic mass is 19.4. The lowest BCUT2D eigenvalue weighted by molar-refractivity contribution is -0.137. The quantitative estimate of drug-likeness (QED) is 0.352. The van der Waals surface area contributed by atoms with Crippen LogP contribution in [0, 0.1) is 5.82 Å². The van der Waals surface area contributed by atoms with Gasteiger partial charge in [0.15, 0.2) is 5.82 Å². The molecule has 0 unspecified atom stereocenters. The van der Waals surface area contributed by atoms with Crippen LogP contribution < -0.4 is 0 Å². The Morgan fingerprint density at radius 1 is 0.824 bits per heavy atom. The van der Waals surface area contributed by atoms with Gasteiger partial charge in [0.25, 0.3) is 0 Å². The van der Waals surface area contributed by atoms with Crippen LogP contribution in [-0.2, 0) is 25.7 Å². The number of fused-ring (bicyclic) bond motifs is 1. The number of halogens is 4. The van der Waals surface area contributed by atoms with Gasteiger partial charge >= 0.3 is 6.18 Å². The summed E-state index contributed by atoms with van der Waals surface area (Å²) in [5.74, 6) is 0.155. The predicted octanol–water partition coefficient (Wildman–Crippen LogP) is 5.92. The maximum absolute atomic E-state index is 13.1. The van der Waals surface area contributed by atoms with Crippen molar-refractivity contribution in [3.05, 3.63) is 101 Å². The molecule has 3 heterocycles. The molecule has 2 aromatic heterocycles. The number of pyridine rings is 1. The van der Waals surface area contributed by atoms with Gasteiger partial charge in [-0.2, -0.15) is 13.2 Å². The van der Waals surface area contributed by atoms with E-state index in [0.717, 1.165) is 59.7 Å². The second-order valence-electron chi connectivity index (χ2n) is 8.26. The van der Waals surface area contributed by atoms with E-state index < -0.39 is 11.7 Å². The van der Waals surface area contributed by atoms with Crippen molar-refractivity contribution >= 4 is 0 Å². The van der Waals surface area contributed by atoms with E-state index in [1.165, 1.54) is 24.3 Å². The van der Waals surface area contributed by atoms with Gasteiger partial charge in [-0.3, -0.25) is 9.88 Å². The number of nitrogens with zero attached hydrogens (tertiary/aromatic N) is 4. The van der Waals surface area contributed by atoms with Crippen molar-refractivity contribution in [2.24, 2.45) is 0 Å². The van der Waals surface area contributed by atoms with Crippen molar-refractivity contribution in [1.29, 1.82) is 0 Å². The van der Waals surface area contributed by atoms with Gasteiger partial charge in [-0.05, 0) is 48.0 Å². The monoisotopic (exact) mass is 464 g/mol. The Labute approximate surface area is 194 Å². The predicted molar refractivity (Wildman–Crippen MR) is 120 cm³/mol. The summed E-state index contributed by atoms with van der Waals surface area (Å²) in [6, 6.07) is 15.1. The summed E-state index contributed by atoms with van der Waals surface area (Å²) < 4.78 is 51.5. The third-order valence-electron chi connectivity index (χ3n) is 5.85. The zero-order chi connectivity index (χ0) is 23.7. The summed E-state index contributed by atoms with van der Waals surface area (Å²) in [6.07, 6.45) is -0.0438. The molecule has 0 amide bonds. The molecule has 8 heteroatoms. The van der Waals surface area contributed by atoms with Crippen LogP contribution >= 0.6 is 0 Å². The van der Waals surface area contributed by atoms with Crippen LogP contribution in [0.1, 0.15) is 22.4 Å². The molecule has 0 bridgehead atoms. The van der Waals surface area contributed by atoms with Crippen LogP contribution in [0.4, 0.5) is 17.6 Å². The zero-order valence-corrected chi connectivity index (χ0v) is 18.1. The molecule has 4 nitrogen and oxygen atoms in total. The third-order valence-corrected chi connectivity index (χ3v) is 5.85. The molecule has 0 aliphatic carbocycles. The molecular weight excluding hydrogens is 444 g/mol. The van der Waals surface area contributed by atoms with Crippen molar-refractivity contribution in [2.75, 3.05) is 6.54 Å². The smallest absolute Gasteiger partial charge is 0.294 e. The van der Waals surface area contributed by atoms with Crippen molar-refractivity contribution in [2.45, 2.75) is 25.7 Å². The van der Waals surface area contributed by atoms with Gasteiger partial charge in [0.2, 0.25) is 0 Å². The number of aromatic nitrogens is 3. The number of hydrogen-bond donors (Lipinski definition) is 0. The van der Waals surface area contributed by atoms with Crippen LogP contribution in [0.25, 0.3) is 22.6 Å². The summed E-state index contributed by atoms with van der Waals surface area (Å²) in [6.45, 7) is 2.20. The summed E-state index contributed by atoms with van der Waals surface area (Å²) in [7, 11) is 0. The highest BCUT2D eigenvalue weighted by molar-refractivity contribution is 5.59. The lowest BCUT2D eigenvalue weighted by atomic mass is 10.1. The number of alkyl halides is 3. The normalized spacial score (nSPS) is 14.1. The molecule has 4 aromatic rings. The lowest BCUT2D eigenvalue weighted by Gasteiger charge is -2.28. The standard InChI is InChI=1S/C26H20F4N4/c27-22-8-4-18(5-9-22)23-10-1-17(13-31-23)15-34-12-11-24-20(16-34)14-32-25(33-24)19-2-6-21(7-3-19)26(28,29)30/h1-10,13-14H,11-12,15-16H2. The van der Waals surface area contributed by atoms with Gasteiger partial charge in [0.05, 0.1) is 17.0 Å². The van der Waals surface area contributed by atoms with E-state index in [0.29, 0.717) is 17.9 Å². The first-order valence-electron chi connectivity index (χ1n) is 10.8. The Hall–Kier alpha value is -3.65. The van der Waals surface area contributed by atoms with Crippen LogP contribution in [0.15, 0.2) is 73.1 Å². The number of rotatable bonds is 4. The topological polar surface area (TPSA) is 41.9 Å². The van der Waals surface area contributed by atoms with Crippen LogP contribution in [-0.4, -0.2) is 26.4 Å². The minimum Gasteiger partial charge on any atom is -0.294 e. The second-order valence-corrected chi connectivity index (χ2v) is 8.26.